The average molecular weight is 459 g/mol. The summed E-state index contributed by atoms with van der Waals surface area (Å²) in [4.78, 5) is 4.19. The summed E-state index contributed by atoms with van der Waals surface area (Å²) in [6, 6.07) is 12.7. The minimum absolute atomic E-state index is 0.108. The molecular formula is C18H16Cl2N2O4S2. The first-order valence-electron chi connectivity index (χ1n) is 8.11. The van der Waals surface area contributed by atoms with E-state index in [2.05, 4.69) is 4.98 Å². The molecule has 0 aliphatic heterocycles. The lowest BCUT2D eigenvalue weighted by Crippen LogP contribution is -2.39. The van der Waals surface area contributed by atoms with Gasteiger partial charge in [-0.05, 0) is 24.3 Å². The first kappa shape index (κ1) is 20.9. The minimum Gasteiger partial charge on any atom is -0.489 e. The van der Waals surface area contributed by atoms with E-state index in [1.807, 2.05) is 0 Å². The molecule has 0 spiro atoms. The molecule has 3 aromatic rings. The molecule has 0 saturated heterocycles. The quantitative estimate of drug-likeness (QED) is 0.549. The lowest BCUT2D eigenvalue weighted by Gasteiger charge is -2.24. The van der Waals surface area contributed by atoms with Crippen molar-refractivity contribution in [2.45, 2.75) is 11.0 Å². The molecule has 1 aromatic heterocycles. The largest absolute Gasteiger partial charge is 0.489 e. The van der Waals surface area contributed by atoms with Crippen molar-refractivity contribution < 1.29 is 18.3 Å². The van der Waals surface area contributed by atoms with Gasteiger partial charge in [0.05, 0.1) is 16.5 Å². The monoisotopic (exact) mass is 458 g/mol. The zero-order valence-corrected chi connectivity index (χ0v) is 17.5. The Morgan fingerprint density at radius 1 is 1.18 bits per heavy atom. The molecule has 0 unspecified atom stereocenters. The van der Waals surface area contributed by atoms with Gasteiger partial charge in [0.15, 0.2) is 5.13 Å². The van der Waals surface area contributed by atoms with E-state index in [1.165, 1.54) is 24.4 Å². The van der Waals surface area contributed by atoms with Crippen LogP contribution in [0.2, 0.25) is 10.0 Å². The predicted molar refractivity (Wildman–Crippen MR) is 111 cm³/mol. The van der Waals surface area contributed by atoms with Gasteiger partial charge < -0.3 is 9.84 Å². The highest BCUT2D eigenvalue weighted by atomic mass is 35.5. The summed E-state index contributed by atoms with van der Waals surface area (Å²) < 4.78 is 32.7. The third-order valence-corrected chi connectivity index (χ3v) is 6.89. The first-order valence-corrected chi connectivity index (χ1v) is 11.2. The molecule has 1 atom stereocenters. The van der Waals surface area contributed by atoms with Gasteiger partial charge in [0.25, 0.3) is 10.0 Å². The van der Waals surface area contributed by atoms with Gasteiger partial charge >= 0.3 is 0 Å². The fraction of sp³-hybridized carbons (Fsp3) is 0.167. The molecule has 0 amide bonds. The maximum atomic E-state index is 13.0. The lowest BCUT2D eigenvalue weighted by molar-refractivity contribution is 0.115. The number of thiazole rings is 1. The Morgan fingerprint density at radius 2 is 1.93 bits per heavy atom. The van der Waals surface area contributed by atoms with Gasteiger partial charge in [-0.25, -0.2) is 17.7 Å². The number of aromatic nitrogens is 1. The van der Waals surface area contributed by atoms with E-state index in [0.29, 0.717) is 15.8 Å². The summed E-state index contributed by atoms with van der Waals surface area (Å²) in [6.07, 6.45) is 0.375. The Labute approximate surface area is 177 Å². The maximum Gasteiger partial charge on any atom is 0.266 e. The zero-order chi connectivity index (χ0) is 20.1. The highest BCUT2D eigenvalue weighted by Crippen LogP contribution is 2.29. The van der Waals surface area contributed by atoms with Gasteiger partial charge in [0.2, 0.25) is 0 Å². The van der Waals surface area contributed by atoms with E-state index in [4.69, 9.17) is 27.9 Å². The van der Waals surface area contributed by atoms with Crippen molar-refractivity contribution in [2.24, 2.45) is 0 Å². The Balaban J connectivity index is 1.78. The highest BCUT2D eigenvalue weighted by Gasteiger charge is 2.29. The number of aliphatic hydroxyl groups excluding tert-OH is 1. The van der Waals surface area contributed by atoms with Gasteiger partial charge in [0.1, 0.15) is 18.5 Å². The maximum absolute atomic E-state index is 13.0. The van der Waals surface area contributed by atoms with Crippen LogP contribution >= 0.6 is 34.5 Å². The van der Waals surface area contributed by atoms with E-state index in [9.17, 15) is 13.5 Å². The first-order chi connectivity index (χ1) is 13.4. The number of sulfonamides is 1. The average Bonchev–Trinajstić information content (AvgIpc) is 3.21. The molecule has 1 heterocycles. The van der Waals surface area contributed by atoms with E-state index in [-0.39, 0.29) is 23.2 Å². The predicted octanol–water partition coefficient (Wildman–Crippen LogP) is 4.09. The Morgan fingerprint density at radius 3 is 2.61 bits per heavy atom. The van der Waals surface area contributed by atoms with Crippen LogP contribution in [0.15, 0.2) is 65.0 Å². The van der Waals surface area contributed by atoms with Crippen LogP contribution in [0.1, 0.15) is 0 Å². The third kappa shape index (κ3) is 4.95. The molecule has 0 bridgehead atoms. The van der Waals surface area contributed by atoms with Crippen LogP contribution in [0.3, 0.4) is 0 Å². The van der Waals surface area contributed by atoms with E-state index in [1.54, 1.807) is 35.7 Å². The Bertz CT molecular complexity index is 1020. The second-order valence-corrected chi connectivity index (χ2v) is 9.28. The van der Waals surface area contributed by atoms with Crippen LogP contribution in [0.5, 0.6) is 5.75 Å². The second kappa shape index (κ2) is 9.11. The SMILES string of the molecule is O=S(=O)(c1ccccc1)N(C[C@H](O)COc1cc(Cl)ccc1Cl)c1nccs1. The highest BCUT2D eigenvalue weighted by molar-refractivity contribution is 7.93. The van der Waals surface area contributed by atoms with Crippen LogP contribution in [0.4, 0.5) is 5.13 Å². The molecule has 1 N–H and O–H groups in total. The third-order valence-electron chi connectivity index (χ3n) is 3.66. The van der Waals surface area contributed by atoms with Crippen LogP contribution < -0.4 is 9.04 Å². The molecule has 3 rings (SSSR count). The van der Waals surface area contributed by atoms with Crippen molar-refractivity contribution in [2.75, 3.05) is 17.5 Å². The van der Waals surface area contributed by atoms with Gasteiger partial charge in [-0.3, -0.25) is 0 Å². The van der Waals surface area contributed by atoms with Gasteiger partial charge in [0, 0.05) is 22.7 Å². The van der Waals surface area contributed by atoms with Crippen molar-refractivity contribution in [3.63, 3.8) is 0 Å². The summed E-state index contributed by atoms with van der Waals surface area (Å²) >= 11 is 13.1. The molecule has 0 aliphatic carbocycles. The number of benzene rings is 2. The fourth-order valence-electron chi connectivity index (χ4n) is 2.36. The number of ether oxygens (including phenoxy) is 1. The van der Waals surface area contributed by atoms with E-state index < -0.39 is 16.1 Å². The van der Waals surface area contributed by atoms with Crippen molar-refractivity contribution in [3.8, 4) is 5.75 Å². The Kier molecular flexibility index (Phi) is 6.79. The van der Waals surface area contributed by atoms with E-state index in [0.717, 1.165) is 15.6 Å². The van der Waals surface area contributed by atoms with Crippen molar-refractivity contribution in [1.82, 2.24) is 4.98 Å². The van der Waals surface area contributed by atoms with Crippen molar-refractivity contribution in [3.05, 3.63) is 70.2 Å². The summed E-state index contributed by atoms with van der Waals surface area (Å²) in [7, 11) is -3.90. The number of halogens is 2. The van der Waals surface area contributed by atoms with Gasteiger partial charge in [-0.2, -0.15) is 0 Å². The number of hydrogen-bond acceptors (Lipinski definition) is 6. The molecule has 0 fully saturated rings. The Hall–Kier alpha value is -1.84. The molecule has 10 heteroatoms. The molecule has 6 nitrogen and oxygen atoms in total. The number of hydrogen-bond donors (Lipinski definition) is 1. The lowest BCUT2D eigenvalue weighted by atomic mass is 10.3. The van der Waals surface area contributed by atoms with Crippen molar-refractivity contribution in [1.29, 1.82) is 0 Å². The number of nitrogens with zero attached hydrogens (tertiary/aromatic N) is 2. The number of rotatable bonds is 8. The minimum atomic E-state index is -3.90. The molecule has 148 valence electrons. The molecular weight excluding hydrogens is 443 g/mol. The fourth-order valence-corrected chi connectivity index (χ4v) is 5.05. The number of aliphatic hydroxyl groups is 1. The summed E-state index contributed by atoms with van der Waals surface area (Å²) in [5.41, 5.74) is 0. The molecule has 28 heavy (non-hydrogen) atoms. The van der Waals surface area contributed by atoms with Crippen molar-refractivity contribution >= 4 is 49.7 Å². The zero-order valence-electron chi connectivity index (χ0n) is 14.4. The molecule has 0 aliphatic rings. The normalized spacial score (nSPS) is 12.5. The molecule has 0 saturated carbocycles. The second-order valence-electron chi connectivity index (χ2n) is 5.70. The van der Waals surface area contributed by atoms with Crippen LogP contribution in [0.25, 0.3) is 0 Å². The topological polar surface area (TPSA) is 79.7 Å². The summed E-state index contributed by atoms with van der Waals surface area (Å²) in [5, 5.41) is 13.1. The van der Waals surface area contributed by atoms with Crippen LogP contribution in [-0.2, 0) is 10.0 Å². The molecule has 0 radical (unpaired) electrons. The summed E-state index contributed by atoms with van der Waals surface area (Å²) in [5.74, 6) is 0.305. The smallest absolute Gasteiger partial charge is 0.266 e. The summed E-state index contributed by atoms with van der Waals surface area (Å²) in [6.45, 7) is -0.408. The molecule has 2 aromatic carbocycles. The van der Waals surface area contributed by atoms with E-state index >= 15 is 0 Å². The van der Waals surface area contributed by atoms with Gasteiger partial charge in [-0.15, -0.1) is 11.3 Å². The van der Waals surface area contributed by atoms with Crippen LogP contribution in [0, 0.1) is 0 Å². The van der Waals surface area contributed by atoms with Crippen LogP contribution in [-0.4, -0.2) is 37.8 Å². The standard InChI is InChI=1S/C18H16Cl2N2O4S2/c19-13-6-7-16(20)17(10-13)26-12-14(23)11-22(18-21-8-9-27-18)28(24,25)15-4-2-1-3-5-15/h1-10,14,23H,11-12H2/t14-/m0/s1. The van der Waals surface area contributed by atoms with Gasteiger partial charge in [-0.1, -0.05) is 41.4 Å². The number of anilines is 1.